The minimum absolute atomic E-state index is 0.285. The first-order valence-electron chi connectivity index (χ1n) is 2.97. The highest BCUT2D eigenvalue weighted by Gasteiger charge is 2.06. The minimum Gasteiger partial charge on any atom is -0.465 e. The van der Waals surface area contributed by atoms with Crippen molar-refractivity contribution >= 4 is 6.47 Å². The number of carbonyl (C=O) groups excluding carboxylic acids is 1. The predicted octanol–water partition coefficient (Wildman–Crippen LogP) is 1.51. The fourth-order valence-electron chi connectivity index (χ4n) is 0.673. The van der Waals surface area contributed by atoms with Gasteiger partial charge in [0.05, 0.1) is 6.26 Å². The van der Waals surface area contributed by atoms with Crippen molar-refractivity contribution in [3.8, 4) is 0 Å². The molecule has 54 valence electrons. The van der Waals surface area contributed by atoms with Crippen LogP contribution in [0.1, 0.15) is 18.8 Å². The summed E-state index contributed by atoms with van der Waals surface area (Å²) in [5, 5.41) is 0. The van der Waals surface area contributed by atoms with Crippen molar-refractivity contribution < 1.29 is 13.9 Å². The highest BCUT2D eigenvalue weighted by Crippen LogP contribution is 2.14. The van der Waals surface area contributed by atoms with Gasteiger partial charge in [0, 0.05) is 0 Å². The Hall–Kier alpha value is -1.25. The van der Waals surface area contributed by atoms with Crippen molar-refractivity contribution in [2.75, 3.05) is 0 Å². The van der Waals surface area contributed by atoms with Gasteiger partial charge in [0.2, 0.25) is 0 Å². The van der Waals surface area contributed by atoms with Crippen LogP contribution in [-0.2, 0) is 9.53 Å². The molecule has 0 aliphatic rings. The molecule has 1 rings (SSSR count). The van der Waals surface area contributed by atoms with E-state index in [1.165, 1.54) is 0 Å². The maximum atomic E-state index is 9.85. The number of hydrogen-bond donors (Lipinski definition) is 0. The molecule has 1 aromatic rings. The van der Waals surface area contributed by atoms with E-state index in [9.17, 15) is 4.79 Å². The van der Waals surface area contributed by atoms with Crippen LogP contribution in [-0.4, -0.2) is 6.47 Å². The Morgan fingerprint density at radius 3 is 3.10 bits per heavy atom. The summed E-state index contributed by atoms with van der Waals surface area (Å²) in [7, 11) is 0. The third kappa shape index (κ3) is 1.37. The molecule has 3 heteroatoms. The van der Waals surface area contributed by atoms with Gasteiger partial charge in [-0.15, -0.1) is 0 Å². The fourth-order valence-corrected chi connectivity index (χ4v) is 0.673. The van der Waals surface area contributed by atoms with Gasteiger partial charge in [0.15, 0.2) is 6.10 Å². The lowest BCUT2D eigenvalue weighted by atomic mass is 10.3. The van der Waals surface area contributed by atoms with Gasteiger partial charge in [-0.2, -0.15) is 0 Å². The summed E-state index contributed by atoms with van der Waals surface area (Å²) in [5.74, 6) is 0.659. The third-order valence-electron chi connectivity index (χ3n) is 1.20. The lowest BCUT2D eigenvalue weighted by molar-refractivity contribution is -0.133. The van der Waals surface area contributed by atoms with Gasteiger partial charge in [-0.05, 0) is 19.1 Å². The molecule has 0 spiro atoms. The van der Waals surface area contributed by atoms with E-state index in [0.29, 0.717) is 12.2 Å². The first kappa shape index (κ1) is 6.86. The van der Waals surface area contributed by atoms with E-state index in [4.69, 9.17) is 4.42 Å². The Balaban J connectivity index is 2.58. The third-order valence-corrected chi connectivity index (χ3v) is 1.20. The maximum absolute atomic E-state index is 9.85. The van der Waals surface area contributed by atoms with Gasteiger partial charge in [0.1, 0.15) is 5.76 Å². The van der Waals surface area contributed by atoms with E-state index in [-0.39, 0.29) is 6.10 Å². The number of carbonyl (C=O) groups is 1. The summed E-state index contributed by atoms with van der Waals surface area (Å²) in [5.41, 5.74) is 0. The van der Waals surface area contributed by atoms with Crippen LogP contribution in [0.5, 0.6) is 0 Å². The Morgan fingerprint density at radius 1 is 1.80 bits per heavy atom. The van der Waals surface area contributed by atoms with E-state index < -0.39 is 0 Å². The second-order valence-corrected chi connectivity index (χ2v) is 1.89. The molecule has 1 heterocycles. The van der Waals surface area contributed by atoms with E-state index >= 15 is 0 Å². The SMILES string of the molecule is CC(OC=O)c1ccco1. The number of furan rings is 1. The van der Waals surface area contributed by atoms with Crippen LogP contribution < -0.4 is 0 Å². The topological polar surface area (TPSA) is 39.4 Å². The average Bonchev–Trinajstić information content (AvgIpc) is 2.38. The molecule has 1 unspecified atom stereocenters. The smallest absolute Gasteiger partial charge is 0.293 e. The Kier molecular flexibility index (Phi) is 2.10. The van der Waals surface area contributed by atoms with E-state index in [2.05, 4.69) is 4.74 Å². The van der Waals surface area contributed by atoms with Gasteiger partial charge in [-0.1, -0.05) is 0 Å². The number of hydrogen-bond acceptors (Lipinski definition) is 3. The summed E-state index contributed by atoms with van der Waals surface area (Å²) in [4.78, 5) is 9.85. The molecule has 0 aliphatic carbocycles. The van der Waals surface area contributed by atoms with E-state index in [0.717, 1.165) is 0 Å². The summed E-state index contributed by atoms with van der Waals surface area (Å²) in [6, 6.07) is 3.51. The molecule has 1 atom stereocenters. The summed E-state index contributed by atoms with van der Waals surface area (Å²) in [6.45, 7) is 2.15. The molecule has 3 nitrogen and oxygen atoms in total. The summed E-state index contributed by atoms with van der Waals surface area (Å²) >= 11 is 0. The fraction of sp³-hybridized carbons (Fsp3) is 0.286. The highest BCUT2D eigenvalue weighted by atomic mass is 16.5. The van der Waals surface area contributed by atoms with Crippen molar-refractivity contribution in [1.82, 2.24) is 0 Å². The van der Waals surface area contributed by atoms with Crippen molar-refractivity contribution in [2.24, 2.45) is 0 Å². The monoisotopic (exact) mass is 140 g/mol. The van der Waals surface area contributed by atoms with Crippen LogP contribution in [0.2, 0.25) is 0 Å². The highest BCUT2D eigenvalue weighted by molar-refractivity contribution is 5.37. The molecule has 0 aromatic carbocycles. The zero-order valence-corrected chi connectivity index (χ0v) is 5.61. The van der Waals surface area contributed by atoms with Crippen molar-refractivity contribution in [3.63, 3.8) is 0 Å². The normalized spacial score (nSPS) is 12.5. The lowest BCUT2D eigenvalue weighted by Gasteiger charge is -2.03. The van der Waals surface area contributed by atoms with E-state index in [1.807, 2.05) is 0 Å². The molecular weight excluding hydrogens is 132 g/mol. The second kappa shape index (κ2) is 3.06. The standard InChI is InChI=1S/C7H8O3/c1-6(10-5-8)7-3-2-4-9-7/h2-6H,1H3. The van der Waals surface area contributed by atoms with Crippen molar-refractivity contribution in [3.05, 3.63) is 24.2 Å². The van der Waals surface area contributed by atoms with Crippen LogP contribution in [0.4, 0.5) is 0 Å². The first-order chi connectivity index (χ1) is 4.84. The molecular formula is C7H8O3. The Bertz CT molecular complexity index is 191. The summed E-state index contributed by atoms with van der Waals surface area (Å²) in [6.07, 6.45) is 1.26. The van der Waals surface area contributed by atoms with Crippen LogP contribution in [0, 0.1) is 0 Å². The van der Waals surface area contributed by atoms with Crippen molar-refractivity contribution in [1.29, 1.82) is 0 Å². The molecule has 10 heavy (non-hydrogen) atoms. The quantitative estimate of drug-likeness (QED) is 0.597. The Morgan fingerprint density at radius 2 is 2.60 bits per heavy atom. The first-order valence-corrected chi connectivity index (χ1v) is 2.97. The van der Waals surface area contributed by atoms with Crippen LogP contribution in [0.3, 0.4) is 0 Å². The molecule has 0 saturated heterocycles. The van der Waals surface area contributed by atoms with Crippen molar-refractivity contribution in [2.45, 2.75) is 13.0 Å². The predicted molar refractivity (Wildman–Crippen MR) is 34.3 cm³/mol. The molecule has 0 fully saturated rings. The minimum atomic E-state index is -0.285. The maximum Gasteiger partial charge on any atom is 0.293 e. The molecule has 1 aromatic heterocycles. The van der Waals surface area contributed by atoms with Gasteiger partial charge in [0.25, 0.3) is 6.47 Å². The molecule has 0 saturated carbocycles. The van der Waals surface area contributed by atoms with Crippen LogP contribution in [0.15, 0.2) is 22.8 Å². The molecule has 0 aliphatic heterocycles. The van der Waals surface area contributed by atoms with Crippen LogP contribution in [0.25, 0.3) is 0 Å². The molecule has 0 radical (unpaired) electrons. The molecule has 0 N–H and O–H groups in total. The van der Waals surface area contributed by atoms with Gasteiger partial charge >= 0.3 is 0 Å². The lowest BCUT2D eigenvalue weighted by Crippen LogP contribution is -1.95. The van der Waals surface area contributed by atoms with E-state index in [1.54, 1.807) is 25.3 Å². The Labute approximate surface area is 58.6 Å². The largest absolute Gasteiger partial charge is 0.465 e. The number of ether oxygens (including phenoxy) is 1. The van der Waals surface area contributed by atoms with Crippen LogP contribution >= 0.6 is 0 Å². The summed E-state index contributed by atoms with van der Waals surface area (Å²) < 4.78 is 9.58. The number of rotatable bonds is 3. The molecule has 0 amide bonds. The molecule has 0 bridgehead atoms. The second-order valence-electron chi connectivity index (χ2n) is 1.89. The van der Waals surface area contributed by atoms with Gasteiger partial charge in [-0.3, -0.25) is 4.79 Å². The average molecular weight is 140 g/mol. The zero-order chi connectivity index (χ0) is 7.40. The zero-order valence-electron chi connectivity index (χ0n) is 5.61. The van der Waals surface area contributed by atoms with Gasteiger partial charge in [-0.25, -0.2) is 0 Å². The van der Waals surface area contributed by atoms with Gasteiger partial charge < -0.3 is 9.15 Å².